The van der Waals surface area contributed by atoms with Gasteiger partial charge in [-0.3, -0.25) is 0 Å². The molecule has 3 rings (SSSR count). The summed E-state index contributed by atoms with van der Waals surface area (Å²) in [6.45, 7) is 2.86. The SMILES string of the molecule is CCOC1CC(CC(Br)c2ccc3[nH]c(=O)[nH]c3c2)C1. The number of benzene rings is 1. The van der Waals surface area contributed by atoms with Gasteiger partial charge in [0.25, 0.3) is 0 Å². The first-order valence-electron chi connectivity index (χ1n) is 7.13. The van der Waals surface area contributed by atoms with Crippen LogP contribution in [0, 0.1) is 5.92 Å². The quantitative estimate of drug-likeness (QED) is 0.819. The second kappa shape index (κ2) is 5.74. The molecule has 0 amide bonds. The van der Waals surface area contributed by atoms with Crippen molar-refractivity contribution >= 4 is 27.0 Å². The fraction of sp³-hybridized carbons (Fsp3) is 0.533. The van der Waals surface area contributed by atoms with E-state index in [1.165, 1.54) is 18.4 Å². The first-order valence-corrected chi connectivity index (χ1v) is 8.05. The topological polar surface area (TPSA) is 57.9 Å². The van der Waals surface area contributed by atoms with Gasteiger partial charge in [-0.05, 0) is 49.8 Å². The van der Waals surface area contributed by atoms with Gasteiger partial charge in [0.05, 0.1) is 17.1 Å². The Hall–Kier alpha value is -1.07. The van der Waals surface area contributed by atoms with Gasteiger partial charge in [-0.1, -0.05) is 22.0 Å². The van der Waals surface area contributed by atoms with Crippen LogP contribution in [-0.4, -0.2) is 22.7 Å². The molecule has 1 saturated carbocycles. The van der Waals surface area contributed by atoms with Gasteiger partial charge < -0.3 is 14.7 Å². The Morgan fingerprint density at radius 3 is 2.85 bits per heavy atom. The Labute approximate surface area is 126 Å². The average molecular weight is 339 g/mol. The minimum absolute atomic E-state index is 0.151. The summed E-state index contributed by atoms with van der Waals surface area (Å²) >= 11 is 3.77. The summed E-state index contributed by atoms with van der Waals surface area (Å²) in [7, 11) is 0. The maximum atomic E-state index is 11.3. The molecule has 5 heteroatoms. The number of halogens is 1. The van der Waals surface area contributed by atoms with E-state index in [0.717, 1.165) is 30.0 Å². The zero-order valence-corrected chi connectivity index (χ0v) is 13.1. The summed E-state index contributed by atoms with van der Waals surface area (Å²) in [5.41, 5.74) is 2.80. The lowest BCUT2D eigenvalue weighted by molar-refractivity contribution is -0.0264. The highest BCUT2D eigenvalue weighted by Gasteiger charge is 2.31. The van der Waals surface area contributed by atoms with Gasteiger partial charge in [0.2, 0.25) is 0 Å². The van der Waals surface area contributed by atoms with Crippen molar-refractivity contribution in [1.82, 2.24) is 9.97 Å². The van der Waals surface area contributed by atoms with Gasteiger partial charge in [0.15, 0.2) is 0 Å². The number of hydrogen-bond donors (Lipinski definition) is 2. The third-order valence-corrected chi connectivity index (χ3v) is 4.94. The number of ether oxygens (including phenoxy) is 1. The van der Waals surface area contributed by atoms with Crippen molar-refractivity contribution in [2.75, 3.05) is 6.61 Å². The average Bonchev–Trinajstić information content (AvgIpc) is 2.75. The van der Waals surface area contributed by atoms with Crippen molar-refractivity contribution in [1.29, 1.82) is 0 Å². The summed E-state index contributed by atoms with van der Waals surface area (Å²) < 4.78 is 5.60. The molecular formula is C15H19BrN2O2. The van der Waals surface area contributed by atoms with Crippen LogP contribution in [-0.2, 0) is 4.74 Å². The van der Waals surface area contributed by atoms with Crippen LogP contribution in [0.5, 0.6) is 0 Å². The van der Waals surface area contributed by atoms with Crippen molar-refractivity contribution in [3.05, 3.63) is 34.2 Å². The number of alkyl halides is 1. The molecule has 1 aromatic heterocycles. The molecule has 0 aliphatic heterocycles. The van der Waals surface area contributed by atoms with E-state index in [4.69, 9.17) is 4.74 Å². The molecule has 1 aliphatic rings. The molecule has 1 unspecified atom stereocenters. The van der Waals surface area contributed by atoms with E-state index in [0.29, 0.717) is 10.9 Å². The molecule has 108 valence electrons. The molecule has 1 aromatic carbocycles. The van der Waals surface area contributed by atoms with E-state index < -0.39 is 0 Å². The van der Waals surface area contributed by atoms with Gasteiger partial charge >= 0.3 is 5.69 Å². The molecule has 1 heterocycles. The van der Waals surface area contributed by atoms with Gasteiger partial charge in [-0.2, -0.15) is 0 Å². The molecule has 0 saturated heterocycles. The summed E-state index contributed by atoms with van der Waals surface area (Å²) in [5, 5.41) is 0. The largest absolute Gasteiger partial charge is 0.378 e. The van der Waals surface area contributed by atoms with Crippen LogP contribution in [0.1, 0.15) is 36.6 Å². The van der Waals surface area contributed by atoms with Crippen LogP contribution in [0.15, 0.2) is 23.0 Å². The number of rotatable bonds is 5. The van der Waals surface area contributed by atoms with E-state index in [2.05, 4.69) is 32.0 Å². The molecule has 1 aliphatic carbocycles. The maximum Gasteiger partial charge on any atom is 0.323 e. The van der Waals surface area contributed by atoms with Crippen LogP contribution < -0.4 is 5.69 Å². The molecule has 0 bridgehead atoms. The normalized spacial score (nSPS) is 23.7. The van der Waals surface area contributed by atoms with Crippen molar-refractivity contribution in [2.24, 2.45) is 5.92 Å². The minimum atomic E-state index is -0.151. The molecule has 0 spiro atoms. The third-order valence-electron chi connectivity index (χ3n) is 4.04. The fourth-order valence-electron chi connectivity index (χ4n) is 2.91. The monoisotopic (exact) mass is 338 g/mol. The highest BCUT2D eigenvalue weighted by molar-refractivity contribution is 9.09. The van der Waals surface area contributed by atoms with Gasteiger partial charge in [0, 0.05) is 11.4 Å². The lowest BCUT2D eigenvalue weighted by atomic mass is 9.78. The summed E-state index contributed by atoms with van der Waals surface area (Å²) in [5.74, 6) is 0.733. The number of nitrogens with one attached hydrogen (secondary N) is 2. The molecule has 2 aromatic rings. The first-order chi connectivity index (χ1) is 9.65. The van der Waals surface area contributed by atoms with E-state index in [9.17, 15) is 4.79 Å². The van der Waals surface area contributed by atoms with E-state index in [1.807, 2.05) is 19.1 Å². The third kappa shape index (κ3) is 2.83. The Bertz CT molecular complexity index is 643. The Morgan fingerprint density at radius 1 is 1.35 bits per heavy atom. The molecule has 0 radical (unpaired) electrons. The summed E-state index contributed by atoms with van der Waals surface area (Å²) in [6, 6.07) is 6.08. The number of H-pyrrole nitrogens is 2. The van der Waals surface area contributed by atoms with Crippen LogP contribution >= 0.6 is 15.9 Å². The Balaban J connectivity index is 1.64. The molecule has 1 fully saturated rings. The van der Waals surface area contributed by atoms with E-state index in [1.54, 1.807) is 0 Å². The van der Waals surface area contributed by atoms with Crippen molar-refractivity contribution < 1.29 is 4.74 Å². The van der Waals surface area contributed by atoms with Crippen molar-refractivity contribution in [3.8, 4) is 0 Å². The zero-order chi connectivity index (χ0) is 14.1. The number of aromatic nitrogens is 2. The molecule has 4 nitrogen and oxygen atoms in total. The number of aromatic amines is 2. The molecule has 2 N–H and O–H groups in total. The first kappa shape index (κ1) is 13.9. The van der Waals surface area contributed by atoms with Crippen LogP contribution in [0.4, 0.5) is 0 Å². The smallest absolute Gasteiger partial charge is 0.323 e. The maximum absolute atomic E-state index is 11.3. The van der Waals surface area contributed by atoms with Crippen LogP contribution in [0.3, 0.4) is 0 Å². The molecular weight excluding hydrogens is 320 g/mol. The standard InChI is InChI=1S/C15H19BrN2O2/c1-2-20-11-5-9(6-11)7-12(16)10-3-4-13-14(8-10)18-15(19)17-13/h3-4,8-9,11-12H,2,5-7H2,1H3,(H2,17,18,19). The van der Waals surface area contributed by atoms with Crippen molar-refractivity contribution in [3.63, 3.8) is 0 Å². The van der Waals surface area contributed by atoms with Crippen LogP contribution in [0.25, 0.3) is 11.0 Å². The molecule has 20 heavy (non-hydrogen) atoms. The number of hydrogen-bond acceptors (Lipinski definition) is 2. The highest BCUT2D eigenvalue weighted by Crippen LogP contribution is 2.40. The van der Waals surface area contributed by atoms with Gasteiger partial charge in [-0.15, -0.1) is 0 Å². The van der Waals surface area contributed by atoms with E-state index >= 15 is 0 Å². The zero-order valence-electron chi connectivity index (χ0n) is 11.5. The fourth-order valence-corrected chi connectivity index (χ4v) is 3.73. The lowest BCUT2D eigenvalue weighted by Crippen LogP contribution is -2.31. The summed E-state index contributed by atoms with van der Waals surface area (Å²) in [6.07, 6.45) is 3.91. The Kier molecular flexibility index (Phi) is 3.98. The minimum Gasteiger partial charge on any atom is -0.378 e. The lowest BCUT2D eigenvalue weighted by Gasteiger charge is -2.36. The Morgan fingerprint density at radius 2 is 2.10 bits per heavy atom. The second-order valence-electron chi connectivity index (χ2n) is 5.50. The van der Waals surface area contributed by atoms with Crippen molar-refractivity contribution in [2.45, 2.75) is 37.1 Å². The predicted molar refractivity (Wildman–Crippen MR) is 83.3 cm³/mol. The summed E-state index contributed by atoms with van der Waals surface area (Å²) in [4.78, 5) is 17.2. The highest BCUT2D eigenvalue weighted by atomic mass is 79.9. The van der Waals surface area contributed by atoms with E-state index in [-0.39, 0.29) is 5.69 Å². The number of imidazole rings is 1. The van der Waals surface area contributed by atoms with Crippen LogP contribution in [0.2, 0.25) is 0 Å². The van der Waals surface area contributed by atoms with Gasteiger partial charge in [0.1, 0.15) is 0 Å². The number of fused-ring (bicyclic) bond motifs is 1. The molecule has 1 atom stereocenters. The second-order valence-corrected chi connectivity index (χ2v) is 6.61. The predicted octanol–water partition coefficient (Wildman–Crippen LogP) is 3.50. The van der Waals surface area contributed by atoms with Gasteiger partial charge in [-0.25, -0.2) is 4.79 Å².